The molecule has 212 valence electrons. The maximum absolute atomic E-state index is 14.0. The number of rotatable bonds is 5. The molecule has 4 aromatic rings. The predicted octanol–water partition coefficient (Wildman–Crippen LogP) is 5.28. The summed E-state index contributed by atoms with van der Waals surface area (Å²) in [5, 5.41) is 9.78. The van der Waals surface area contributed by atoms with Gasteiger partial charge >= 0.3 is 12.2 Å². The van der Waals surface area contributed by atoms with Crippen LogP contribution in [-0.2, 0) is 16.2 Å². The van der Waals surface area contributed by atoms with E-state index >= 15 is 0 Å². The summed E-state index contributed by atoms with van der Waals surface area (Å²) >= 11 is 0. The molecule has 0 saturated heterocycles. The highest BCUT2D eigenvalue weighted by Crippen LogP contribution is 2.38. The monoisotopic (exact) mass is 588 g/mol. The van der Waals surface area contributed by atoms with E-state index in [1.165, 1.54) is 36.6 Å². The summed E-state index contributed by atoms with van der Waals surface area (Å²) in [6.07, 6.45) is -4.11. The second-order valence-corrected chi connectivity index (χ2v) is 10.4. The highest BCUT2D eigenvalue weighted by Gasteiger charge is 2.33. The number of furan rings is 1. The zero-order valence-electron chi connectivity index (χ0n) is 20.7. The van der Waals surface area contributed by atoms with E-state index < -0.39 is 45.5 Å². The van der Waals surface area contributed by atoms with Crippen LogP contribution in [-0.4, -0.2) is 20.3 Å². The van der Waals surface area contributed by atoms with Crippen LogP contribution in [0.5, 0.6) is 0 Å². The summed E-state index contributed by atoms with van der Waals surface area (Å²) in [6.45, 7) is 0. The number of halogens is 4. The van der Waals surface area contributed by atoms with Crippen molar-refractivity contribution in [3.05, 3.63) is 102 Å². The summed E-state index contributed by atoms with van der Waals surface area (Å²) in [5.74, 6) is -0.551. The molecule has 1 unspecified atom stereocenters. The average Bonchev–Trinajstić information content (AvgIpc) is 3.39. The Bertz CT molecular complexity index is 1770. The van der Waals surface area contributed by atoms with Gasteiger partial charge < -0.3 is 25.7 Å². The molecule has 5 rings (SSSR count). The van der Waals surface area contributed by atoms with Gasteiger partial charge in [0.15, 0.2) is 0 Å². The number of benzene rings is 3. The van der Waals surface area contributed by atoms with Gasteiger partial charge in [0.2, 0.25) is 15.9 Å². The van der Waals surface area contributed by atoms with Crippen LogP contribution < -0.4 is 26.4 Å². The van der Waals surface area contributed by atoms with Crippen molar-refractivity contribution in [3.8, 4) is 0 Å². The maximum Gasteiger partial charge on any atom is 0.416 e. The molecule has 1 aliphatic rings. The van der Waals surface area contributed by atoms with E-state index in [0.29, 0.717) is 35.0 Å². The number of carbonyl (C=O) groups excluding carboxylic acids is 1. The van der Waals surface area contributed by atoms with Crippen molar-refractivity contribution in [1.29, 1.82) is 0 Å². The molecule has 2 amide bonds. The van der Waals surface area contributed by atoms with Crippen molar-refractivity contribution in [1.82, 2.24) is 0 Å². The highest BCUT2D eigenvalue weighted by molar-refractivity contribution is 7.89. The number of nitrogens with one attached hydrogen (secondary N) is 2. The number of hydrogen-bond acceptors (Lipinski definition) is 7. The Morgan fingerprint density at radius 2 is 1.73 bits per heavy atom. The zero-order valence-corrected chi connectivity index (χ0v) is 21.5. The van der Waals surface area contributed by atoms with Crippen LogP contribution in [0, 0.1) is 5.82 Å². The number of nitrogens with two attached hydrogens (primary N) is 2. The Morgan fingerprint density at radius 3 is 2.41 bits per heavy atom. The lowest BCUT2D eigenvalue weighted by molar-refractivity contribution is -0.137. The normalized spacial score (nSPS) is 15.2. The zero-order chi connectivity index (χ0) is 29.5. The number of sulfonamides is 1. The summed E-state index contributed by atoms with van der Waals surface area (Å²) in [6, 6.07) is 14.2. The van der Waals surface area contributed by atoms with Gasteiger partial charge in [-0.3, -0.25) is 0 Å². The van der Waals surface area contributed by atoms with Crippen LogP contribution in [0.1, 0.15) is 22.9 Å². The van der Waals surface area contributed by atoms with Crippen molar-refractivity contribution >= 4 is 44.8 Å². The molecule has 0 aliphatic carbocycles. The molecule has 10 nitrogen and oxygen atoms in total. The molecule has 1 atom stereocenters. The van der Waals surface area contributed by atoms with Gasteiger partial charge in [-0.05, 0) is 60.7 Å². The molecule has 0 fully saturated rings. The lowest BCUT2D eigenvalue weighted by Gasteiger charge is -2.34. The second kappa shape index (κ2) is 10.3. The third-order valence-electron chi connectivity index (χ3n) is 6.07. The predicted molar refractivity (Wildman–Crippen MR) is 143 cm³/mol. The van der Waals surface area contributed by atoms with Crippen molar-refractivity contribution in [2.45, 2.75) is 17.2 Å². The first-order valence-corrected chi connectivity index (χ1v) is 13.2. The first-order valence-electron chi connectivity index (χ1n) is 11.7. The number of carbonyl (C=O) groups is 1. The smallest absolute Gasteiger partial charge is 0.416 e. The standard InChI is InChI=1S/C26H20F4N6O4S/c27-20-9-4-15(26(28,29)30)13-21(20)34-25(37)33-16-5-7-17(8-6-16)36-22(31)19-10-11-40-24(19)35-23(36)14-2-1-3-18(12-14)41(32,38)39/h1-13,22H,31H2,(H2,32,38,39)(H2,33,34,37). The number of amides is 2. The summed E-state index contributed by atoms with van der Waals surface area (Å²) in [7, 11) is -4.02. The molecule has 0 bridgehead atoms. The van der Waals surface area contributed by atoms with Crippen LogP contribution in [0.3, 0.4) is 0 Å². The number of nitrogens with zero attached hydrogens (tertiary/aromatic N) is 2. The fraction of sp³-hybridized carbons (Fsp3) is 0.0769. The number of alkyl halides is 3. The van der Waals surface area contributed by atoms with Crippen molar-refractivity contribution in [2.75, 3.05) is 15.5 Å². The molecule has 2 heterocycles. The van der Waals surface area contributed by atoms with Crippen LogP contribution in [0.2, 0.25) is 0 Å². The SMILES string of the molecule is NC1c2ccoc2N=C(c2cccc(S(N)(=O)=O)c2)N1c1ccc(NC(=O)Nc2cc(C(F)(F)F)ccc2F)cc1. The molecule has 3 aromatic carbocycles. The van der Waals surface area contributed by atoms with Crippen molar-refractivity contribution in [3.63, 3.8) is 0 Å². The Morgan fingerprint density at radius 1 is 1.00 bits per heavy atom. The molecule has 0 radical (unpaired) electrons. The number of anilines is 3. The summed E-state index contributed by atoms with van der Waals surface area (Å²) in [5.41, 5.74) is 6.40. The van der Waals surface area contributed by atoms with Crippen molar-refractivity contribution in [2.24, 2.45) is 15.9 Å². The minimum Gasteiger partial charge on any atom is -0.446 e. The van der Waals surface area contributed by atoms with Gasteiger partial charge in [0.1, 0.15) is 17.8 Å². The molecule has 15 heteroatoms. The Kier molecular flexibility index (Phi) is 7.02. The first kappa shape index (κ1) is 27.8. The lowest BCUT2D eigenvalue weighted by atomic mass is 10.1. The van der Waals surface area contributed by atoms with E-state index in [0.717, 1.165) is 0 Å². The van der Waals surface area contributed by atoms with Crippen molar-refractivity contribution < 1.29 is 35.2 Å². The fourth-order valence-electron chi connectivity index (χ4n) is 4.13. The number of aliphatic imine (C=N–C) groups is 1. The largest absolute Gasteiger partial charge is 0.446 e. The Hall–Kier alpha value is -4.73. The Balaban J connectivity index is 1.41. The minimum absolute atomic E-state index is 0.140. The van der Waals surface area contributed by atoms with Gasteiger partial charge in [-0.1, -0.05) is 12.1 Å². The van der Waals surface area contributed by atoms with E-state index in [1.54, 1.807) is 29.2 Å². The van der Waals surface area contributed by atoms with E-state index in [-0.39, 0.29) is 22.3 Å². The van der Waals surface area contributed by atoms with Crippen LogP contribution >= 0.6 is 0 Å². The third kappa shape index (κ3) is 5.77. The molecule has 1 aromatic heterocycles. The molecule has 6 N–H and O–H groups in total. The van der Waals surface area contributed by atoms with E-state index in [4.69, 9.17) is 15.3 Å². The second-order valence-electron chi connectivity index (χ2n) is 8.82. The van der Waals surface area contributed by atoms with Crippen LogP contribution in [0.4, 0.5) is 45.3 Å². The van der Waals surface area contributed by atoms with Gasteiger partial charge in [-0.2, -0.15) is 18.2 Å². The third-order valence-corrected chi connectivity index (χ3v) is 6.98. The van der Waals surface area contributed by atoms with Gasteiger partial charge in [0.05, 0.1) is 28.0 Å². The molecule has 1 aliphatic heterocycles. The number of primary sulfonamides is 1. The average molecular weight is 589 g/mol. The summed E-state index contributed by atoms with van der Waals surface area (Å²) < 4.78 is 82.2. The highest BCUT2D eigenvalue weighted by atomic mass is 32.2. The molecule has 41 heavy (non-hydrogen) atoms. The quantitative estimate of drug-likeness (QED) is 0.232. The topological polar surface area (TPSA) is 156 Å². The first-order chi connectivity index (χ1) is 19.3. The minimum atomic E-state index is -4.72. The number of amidine groups is 1. The number of hydrogen-bond donors (Lipinski definition) is 4. The maximum atomic E-state index is 14.0. The molecule has 0 saturated carbocycles. The number of fused-ring (bicyclic) bond motifs is 1. The van der Waals surface area contributed by atoms with Gasteiger partial charge in [-0.15, -0.1) is 0 Å². The molecular formula is C26H20F4N6O4S. The van der Waals surface area contributed by atoms with Crippen LogP contribution in [0.25, 0.3) is 0 Å². The molecule has 0 spiro atoms. The fourth-order valence-corrected chi connectivity index (χ4v) is 4.69. The van der Waals surface area contributed by atoms with Gasteiger partial charge in [0.25, 0.3) is 0 Å². The molecular weight excluding hydrogens is 568 g/mol. The number of urea groups is 1. The van der Waals surface area contributed by atoms with E-state index in [9.17, 15) is 30.8 Å². The van der Waals surface area contributed by atoms with Crippen LogP contribution in [0.15, 0.2) is 93.4 Å². The van der Waals surface area contributed by atoms with E-state index in [2.05, 4.69) is 15.6 Å². The lowest BCUT2D eigenvalue weighted by Crippen LogP contribution is -2.42. The van der Waals surface area contributed by atoms with Gasteiger partial charge in [0, 0.05) is 16.9 Å². The summed E-state index contributed by atoms with van der Waals surface area (Å²) in [4.78, 5) is 18.4. The van der Waals surface area contributed by atoms with Gasteiger partial charge in [-0.25, -0.2) is 22.7 Å². The Labute approximate surface area is 230 Å². The van der Waals surface area contributed by atoms with E-state index in [1.807, 2.05) is 0 Å².